The van der Waals surface area contributed by atoms with Crippen LogP contribution in [0.15, 0.2) is 24.3 Å². The molecule has 0 saturated carbocycles. The number of nitrogens with one attached hydrogen (secondary N) is 1. The molecule has 1 amide bonds. The Morgan fingerprint density at radius 3 is 2.06 bits per heavy atom. The van der Waals surface area contributed by atoms with Crippen LogP contribution in [-0.2, 0) is 11.3 Å². The van der Waals surface area contributed by atoms with Crippen LogP contribution in [0.5, 0.6) is 0 Å². The molecule has 0 spiro atoms. The molecule has 0 atom stereocenters. The quantitative estimate of drug-likeness (QED) is 0.346. The van der Waals surface area contributed by atoms with Crippen molar-refractivity contribution in [2.45, 2.75) is 0 Å². The van der Waals surface area contributed by atoms with Crippen molar-refractivity contribution >= 4 is 54.8 Å². The molecule has 7 nitrogen and oxygen atoms in total. The summed E-state index contributed by atoms with van der Waals surface area (Å²) < 4.78 is 36.9. The van der Waals surface area contributed by atoms with Crippen LogP contribution in [0.2, 0.25) is 0 Å². The van der Waals surface area contributed by atoms with Crippen molar-refractivity contribution in [3.05, 3.63) is 24.3 Å². The van der Waals surface area contributed by atoms with Gasteiger partial charge in [-0.25, -0.2) is 0 Å². The summed E-state index contributed by atoms with van der Waals surface area (Å²) in [6.07, 6.45) is 0. The number of aliphatic hydroxyl groups is 1. The van der Waals surface area contributed by atoms with Gasteiger partial charge in [-0.2, -0.15) is 0 Å². The number of carbonyl (C=O) groups is 1. The van der Waals surface area contributed by atoms with E-state index in [1.807, 2.05) is 0 Å². The first-order valence-corrected chi connectivity index (χ1v) is 8.99. The van der Waals surface area contributed by atoms with Gasteiger partial charge in [0.15, 0.2) is 0 Å². The summed E-state index contributed by atoms with van der Waals surface area (Å²) in [6.45, 7) is -0.635. The van der Waals surface area contributed by atoms with Gasteiger partial charge in [-0.05, 0) is 0 Å². The van der Waals surface area contributed by atoms with Crippen molar-refractivity contribution in [2.75, 3.05) is 11.9 Å². The van der Waals surface area contributed by atoms with E-state index in [0.717, 1.165) is 0 Å². The standard InChI is InChI=1S/C8H10AsNO5.Bi.O/c11-5-8(12)10-7-3-1-6(2-4-7)9(13,14)15;;/h1-4,11H,5H2,(H,10,12)(H2,13,14,15);;. The summed E-state index contributed by atoms with van der Waals surface area (Å²) in [5.74, 6) is -0.579. The predicted molar refractivity (Wildman–Crippen MR) is 59.1 cm³/mol. The molecule has 17 heavy (non-hydrogen) atoms. The van der Waals surface area contributed by atoms with E-state index in [9.17, 15) is 8.53 Å². The number of anilines is 1. The number of amides is 1. The van der Waals surface area contributed by atoms with Gasteiger partial charge in [0, 0.05) is 0 Å². The van der Waals surface area contributed by atoms with E-state index >= 15 is 0 Å². The van der Waals surface area contributed by atoms with Gasteiger partial charge in [0.25, 0.3) is 0 Å². The fourth-order valence-electron chi connectivity index (χ4n) is 0.939. The van der Waals surface area contributed by atoms with E-state index in [2.05, 4.69) is 5.32 Å². The SMILES string of the molecule is O=C(CO)Nc1ccc([As](=O)(O)O)cc1.[O]=[Bi]. The maximum absolute atomic E-state index is 10.9. The van der Waals surface area contributed by atoms with Crippen molar-refractivity contribution in [1.29, 1.82) is 0 Å². The van der Waals surface area contributed by atoms with Crippen LogP contribution in [0.1, 0.15) is 0 Å². The molecule has 4 N–H and O–H groups in total. The third kappa shape index (κ3) is 6.19. The van der Waals surface area contributed by atoms with Crippen molar-refractivity contribution in [3.63, 3.8) is 0 Å². The first-order chi connectivity index (χ1) is 7.93. The van der Waals surface area contributed by atoms with Crippen LogP contribution in [-0.4, -0.2) is 64.7 Å². The van der Waals surface area contributed by atoms with Crippen LogP contribution in [0.4, 0.5) is 5.69 Å². The Morgan fingerprint density at radius 2 is 1.71 bits per heavy atom. The minimum absolute atomic E-state index is 0.0601. The van der Waals surface area contributed by atoms with Crippen molar-refractivity contribution in [2.24, 2.45) is 0 Å². The van der Waals surface area contributed by atoms with Gasteiger partial charge < -0.3 is 0 Å². The zero-order valence-corrected chi connectivity index (χ0v) is 13.8. The summed E-state index contributed by atoms with van der Waals surface area (Å²) >= 11 is -4.65. The predicted octanol–water partition coefficient (Wildman–Crippen LogP) is -2.32. The fraction of sp³-hybridized carbons (Fsp3) is 0.125. The van der Waals surface area contributed by atoms with Crippen molar-refractivity contribution in [1.82, 2.24) is 0 Å². The van der Waals surface area contributed by atoms with E-state index in [1.165, 1.54) is 24.3 Å². The second kappa shape index (κ2) is 7.85. The Balaban J connectivity index is 0.00000121. The molecule has 0 heterocycles. The molecule has 0 fully saturated rings. The molecule has 93 valence electrons. The number of benzene rings is 1. The van der Waals surface area contributed by atoms with E-state index in [4.69, 9.17) is 16.1 Å². The van der Waals surface area contributed by atoms with Gasteiger partial charge >= 0.3 is 116 Å². The molecule has 1 aromatic carbocycles. The summed E-state index contributed by atoms with van der Waals surface area (Å²) in [7, 11) is 0. The fourth-order valence-corrected chi connectivity index (χ4v) is 2.07. The molecule has 1 rings (SSSR count). The second-order valence-electron chi connectivity index (χ2n) is 2.80. The van der Waals surface area contributed by atoms with Crippen LogP contribution >= 0.6 is 0 Å². The first kappa shape index (κ1) is 16.6. The number of aliphatic hydroxyl groups excluding tert-OH is 1. The molecule has 0 saturated heterocycles. The number of hydrogen-bond acceptors (Lipinski definition) is 4. The summed E-state index contributed by atoms with van der Waals surface area (Å²) in [4.78, 5) is 10.8. The normalized spacial score (nSPS) is 10.1. The third-order valence-electron chi connectivity index (χ3n) is 1.63. The zero-order chi connectivity index (χ0) is 13.5. The third-order valence-corrected chi connectivity index (χ3v) is 3.67. The van der Waals surface area contributed by atoms with Gasteiger partial charge in [0.05, 0.1) is 0 Å². The summed E-state index contributed by atoms with van der Waals surface area (Å²) in [5, 5.41) is 10.8. The Hall–Kier alpha value is -0.388. The van der Waals surface area contributed by atoms with Gasteiger partial charge in [0.2, 0.25) is 0 Å². The van der Waals surface area contributed by atoms with Crippen molar-refractivity contribution in [3.8, 4) is 0 Å². The monoisotopic (exact) mass is 500 g/mol. The molecule has 1 radical (unpaired) electrons. The molecule has 1 aromatic rings. The van der Waals surface area contributed by atoms with E-state index in [0.29, 0.717) is 5.69 Å². The molecule has 9 heteroatoms. The van der Waals surface area contributed by atoms with Gasteiger partial charge in [-0.15, -0.1) is 0 Å². The Morgan fingerprint density at radius 1 is 1.24 bits per heavy atom. The summed E-state index contributed by atoms with van der Waals surface area (Å²) in [6, 6.07) is 5.21. The van der Waals surface area contributed by atoms with Gasteiger partial charge in [-0.3, -0.25) is 0 Å². The molecule has 0 aliphatic rings. The minimum atomic E-state index is -4.84. The topological polar surface area (TPSA) is 124 Å². The zero-order valence-electron chi connectivity index (χ0n) is 8.48. The van der Waals surface area contributed by atoms with Crippen LogP contribution in [0.25, 0.3) is 0 Å². The Labute approximate surface area is 115 Å². The van der Waals surface area contributed by atoms with Gasteiger partial charge in [-0.1, -0.05) is 0 Å². The average Bonchev–Trinajstić information content (AvgIpc) is 2.31. The number of hydrogen-bond donors (Lipinski definition) is 4. The van der Waals surface area contributed by atoms with E-state index in [-0.39, 0.29) is 29.1 Å². The first-order valence-electron chi connectivity index (χ1n) is 4.18. The molecule has 0 aliphatic heterocycles. The number of carbonyl (C=O) groups excluding carboxylic acids is 1. The molecule has 0 unspecified atom stereocenters. The van der Waals surface area contributed by atoms with E-state index in [1.54, 1.807) is 0 Å². The van der Waals surface area contributed by atoms with Gasteiger partial charge in [0.1, 0.15) is 0 Å². The molecular weight excluding hydrogens is 490 g/mol. The molecular formula is C8H10AsBiNO6. The maximum atomic E-state index is 10.9. The molecule has 0 aliphatic carbocycles. The van der Waals surface area contributed by atoms with Crippen LogP contribution in [0, 0.1) is 0 Å². The average molecular weight is 500 g/mol. The molecule has 0 bridgehead atoms. The number of rotatable bonds is 3. The summed E-state index contributed by atoms with van der Waals surface area (Å²) in [5.41, 5.74) is 0.377. The van der Waals surface area contributed by atoms with Crippen molar-refractivity contribution < 1.29 is 24.6 Å². The second-order valence-corrected chi connectivity index (χ2v) is 6.16. The van der Waals surface area contributed by atoms with E-state index < -0.39 is 26.7 Å². The Kier molecular flexibility index (Phi) is 7.67. The molecule has 0 aromatic heterocycles. The van der Waals surface area contributed by atoms with Crippen LogP contribution in [0.3, 0.4) is 0 Å². The Bertz CT molecular complexity index is 417. The van der Waals surface area contributed by atoms with Crippen LogP contribution < -0.4 is 9.67 Å².